The summed E-state index contributed by atoms with van der Waals surface area (Å²) in [6.07, 6.45) is 6.98. The zero-order chi connectivity index (χ0) is 19.8. The highest BCUT2D eigenvalue weighted by molar-refractivity contribution is 5.94. The molecule has 0 bridgehead atoms. The Morgan fingerprint density at radius 1 is 1.18 bits per heavy atom. The van der Waals surface area contributed by atoms with Crippen LogP contribution in [0.2, 0.25) is 0 Å². The fourth-order valence-corrected chi connectivity index (χ4v) is 3.47. The first-order valence-corrected chi connectivity index (χ1v) is 9.97. The molecule has 0 spiro atoms. The van der Waals surface area contributed by atoms with Gasteiger partial charge in [0.2, 0.25) is 0 Å². The van der Waals surface area contributed by atoms with Crippen molar-refractivity contribution in [2.45, 2.75) is 50.7 Å². The Bertz CT molecular complexity index is 747. The summed E-state index contributed by atoms with van der Waals surface area (Å²) < 4.78 is 5.15. The molecule has 2 aromatic rings. The van der Waals surface area contributed by atoms with Gasteiger partial charge in [-0.3, -0.25) is 4.79 Å². The Morgan fingerprint density at radius 3 is 2.64 bits per heavy atom. The number of benzene rings is 1. The Labute approximate surface area is 166 Å². The summed E-state index contributed by atoms with van der Waals surface area (Å²) in [5, 5.41) is 16.3. The van der Waals surface area contributed by atoms with E-state index in [-0.39, 0.29) is 18.1 Å². The molecule has 1 aliphatic rings. The molecular formula is C22H29N3O3. The summed E-state index contributed by atoms with van der Waals surface area (Å²) >= 11 is 0. The van der Waals surface area contributed by atoms with Crippen molar-refractivity contribution in [3.8, 4) is 5.75 Å². The summed E-state index contributed by atoms with van der Waals surface area (Å²) in [6.45, 7) is 0.610. The van der Waals surface area contributed by atoms with E-state index in [2.05, 4.69) is 15.6 Å². The predicted molar refractivity (Wildman–Crippen MR) is 110 cm³/mol. The standard InChI is InChI=1S/C22H29N3O3/c1-28-18-11-8-16(9-12-18)5-4-14-23-22(27)17-10-13-21(24-15-17)25-19-6-2-3-7-20(19)26/h8-13,15,19-20,26H,2-7,14H2,1H3,(H,23,27)(H,24,25)/t19-,20-/m0/s1. The number of rotatable bonds is 8. The highest BCUT2D eigenvalue weighted by Crippen LogP contribution is 2.21. The van der Waals surface area contributed by atoms with Gasteiger partial charge in [-0.2, -0.15) is 0 Å². The number of hydrogen-bond donors (Lipinski definition) is 3. The van der Waals surface area contributed by atoms with Gasteiger partial charge in [0.15, 0.2) is 0 Å². The lowest BCUT2D eigenvalue weighted by molar-refractivity contribution is 0.0952. The third-order valence-corrected chi connectivity index (χ3v) is 5.18. The van der Waals surface area contributed by atoms with Gasteiger partial charge in [-0.25, -0.2) is 4.98 Å². The van der Waals surface area contributed by atoms with Crippen LogP contribution >= 0.6 is 0 Å². The highest BCUT2D eigenvalue weighted by atomic mass is 16.5. The lowest BCUT2D eigenvalue weighted by Crippen LogP contribution is -2.36. The van der Waals surface area contributed by atoms with Gasteiger partial charge in [0.1, 0.15) is 11.6 Å². The van der Waals surface area contributed by atoms with Crippen molar-refractivity contribution in [1.29, 1.82) is 0 Å². The van der Waals surface area contributed by atoms with Gasteiger partial charge in [0, 0.05) is 12.7 Å². The van der Waals surface area contributed by atoms with Gasteiger partial charge < -0.3 is 20.5 Å². The van der Waals surface area contributed by atoms with Gasteiger partial charge in [0.05, 0.1) is 24.8 Å². The molecular weight excluding hydrogens is 354 g/mol. The maximum atomic E-state index is 12.3. The molecule has 1 aliphatic carbocycles. The smallest absolute Gasteiger partial charge is 0.252 e. The first-order chi connectivity index (χ1) is 13.7. The number of aromatic nitrogens is 1. The molecule has 0 aliphatic heterocycles. The van der Waals surface area contributed by atoms with Gasteiger partial charge in [0.25, 0.3) is 5.91 Å². The maximum absolute atomic E-state index is 12.3. The Balaban J connectivity index is 1.41. The van der Waals surface area contributed by atoms with Crippen LogP contribution < -0.4 is 15.4 Å². The SMILES string of the molecule is COc1ccc(CCCNC(=O)c2ccc(N[C@H]3CCCC[C@@H]3O)nc2)cc1. The van der Waals surface area contributed by atoms with E-state index in [1.807, 2.05) is 24.3 Å². The molecule has 3 N–H and O–H groups in total. The minimum atomic E-state index is -0.329. The predicted octanol–water partition coefficient (Wildman–Crippen LogP) is 3.17. The van der Waals surface area contributed by atoms with Crippen molar-refractivity contribution >= 4 is 11.7 Å². The first-order valence-electron chi connectivity index (χ1n) is 9.97. The van der Waals surface area contributed by atoms with E-state index in [9.17, 15) is 9.90 Å². The molecule has 0 radical (unpaired) electrons. The molecule has 0 unspecified atom stereocenters. The summed E-state index contributed by atoms with van der Waals surface area (Å²) in [7, 11) is 1.65. The van der Waals surface area contributed by atoms with Crippen LogP contribution in [0.5, 0.6) is 5.75 Å². The van der Waals surface area contributed by atoms with Gasteiger partial charge in [-0.1, -0.05) is 25.0 Å². The lowest BCUT2D eigenvalue weighted by atomic mass is 9.92. The third kappa shape index (κ3) is 5.70. The quantitative estimate of drug-likeness (QED) is 0.610. The second-order valence-electron chi connectivity index (χ2n) is 7.24. The summed E-state index contributed by atoms with van der Waals surface area (Å²) in [6, 6.07) is 11.6. The van der Waals surface area contributed by atoms with Crippen molar-refractivity contribution in [3.05, 3.63) is 53.7 Å². The number of pyridine rings is 1. The van der Waals surface area contributed by atoms with E-state index in [1.165, 1.54) is 5.56 Å². The summed E-state index contributed by atoms with van der Waals surface area (Å²) in [5.74, 6) is 1.42. The van der Waals surface area contributed by atoms with E-state index in [0.717, 1.165) is 44.3 Å². The molecule has 1 amide bonds. The van der Waals surface area contributed by atoms with E-state index in [1.54, 1.807) is 25.4 Å². The number of nitrogens with one attached hydrogen (secondary N) is 2. The summed E-state index contributed by atoms with van der Waals surface area (Å²) in [4.78, 5) is 16.6. The number of aryl methyl sites for hydroxylation is 1. The number of nitrogens with zero attached hydrogens (tertiary/aromatic N) is 1. The van der Waals surface area contributed by atoms with E-state index < -0.39 is 0 Å². The van der Waals surface area contributed by atoms with Gasteiger partial charge >= 0.3 is 0 Å². The monoisotopic (exact) mass is 383 g/mol. The summed E-state index contributed by atoms with van der Waals surface area (Å²) in [5.41, 5.74) is 1.76. The van der Waals surface area contributed by atoms with Crippen LogP contribution in [0.4, 0.5) is 5.82 Å². The van der Waals surface area contributed by atoms with Gasteiger partial charge in [-0.05, 0) is 55.5 Å². The van der Waals surface area contributed by atoms with Gasteiger partial charge in [-0.15, -0.1) is 0 Å². The van der Waals surface area contributed by atoms with E-state index in [4.69, 9.17) is 4.74 Å². The molecule has 1 saturated carbocycles. The number of anilines is 1. The third-order valence-electron chi connectivity index (χ3n) is 5.18. The average Bonchev–Trinajstić information content (AvgIpc) is 2.73. The number of carbonyl (C=O) groups excluding carboxylic acids is 1. The second-order valence-corrected chi connectivity index (χ2v) is 7.24. The number of hydrogen-bond acceptors (Lipinski definition) is 5. The molecule has 150 valence electrons. The van der Waals surface area contributed by atoms with Crippen molar-refractivity contribution < 1.29 is 14.6 Å². The fraction of sp³-hybridized carbons (Fsp3) is 0.455. The van der Waals surface area contributed by atoms with Crippen molar-refractivity contribution in [2.75, 3.05) is 19.0 Å². The number of aliphatic hydroxyl groups excluding tert-OH is 1. The topological polar surface area (TPSA) is 83.5 Å². The van der Waals surface area contributed by atoms with Crippen LogP contribution in [-0.2, 0) is 6.42 Å². The molecule has 6 heteroatoms. The lowest BCUT2D eigenvalue weighted by Gasteiger charge is -2.28. The van der Waals surface area contributed by atoms with Crippen LogP contribution in [-0.4, -0.2) is 41.8 Å². The highest BCUT2D eigenvalue weighted by Gasteiger charge is 2.23. The first kappa shape index (κ1) is 20.1. The number of methoxy groups -OCH3 is 1. The van der Waals surface area contributed by atoms with Crippen molar-refractivity contribution in [2.24, 2.45) is 0 Å². The normalized spacial score (nSPS) is 19.1. The van der Waals surface area contributed by atoms with Crippen molar-refractivity contribution in [1.82, 2.24) is 10.3 Å². The van der Waals surface area contributed by atoms with E-state index >= 15 is 0 Å². The Morgan fingerprint density at radius 2 is 1.96 bits per heavy atom. The van der Waals surface area contributed by atoms with Crippen LogP contribution in [0, 0.1) is 0 Å². The Kier molecular flexibility index (Phi) is 7.25. The molecule has 3 rings (SSSR count). The molecule has 1 aromatic heterocycles. The number of carbonyl (C=O) groups is 1. The zero-order valence-electron chi connectivity index (χ0n) is 16.4. The second kappa shape index (κ2) is 10.1. The Hall–Kier alpha value is -2.60. The zero-order valence-corrected chi connectivity index (χ0v) is 16.4. The molecule has 6 nitrogen and oxygen atoms in total. The van der Waals surface area contributed by atoms with Crippen LogP contribution in [0.3, 0.4) is 0 Å². The van der Waals surface area contributed by atoms with Crippen LogP contribution in [0.15, 0.2) is 42.6 Å². The molecule has 2 atom stereocenters. The number of amides is 1. The number of ether oxygens (including phenoxy) is 1. The molecule has 1 aromatic carbocycles. The largest absolute Gasteiger partial charge is 0.497 e. The number of aliphatic hydroxyl groups is 1. The minimum Gasteiger partial charge on any atom is -0.497 e. The average molecular weight is 383 g/mol. The fourth-order valence-electron chi connectivity index (χ4n) is 3.47. The molecule has 1 heterocycles. The molecule has 28 heavy (non-hydrogen) atoms. The van der Waals surface area contributed by atoms with Crippen LogP contribution in [0.1, 0.15) is 48.0 Å². The molecule has 0 saturated heterocycles. The maximum Gasteiger partial charge on any atom is 0.252 e. The van der Waals surface area contributed by atoms with Crippen LogP contribution in [0.25, 0.3) is 0 Å². The molecule has 1 fully saturated rings. The van der Waals surface area contributed by atoms with E-state index in [0.29, 0.717) is 17.9 Å². The minimum absolute atomic E-state index is 0.0406. The van der Waals surface area contributed by atoms with Crippen molar-refractivity contribution in [3.63, 3.8) is 0 Å².